The van der Waals surface area contributed by atoms with Crippen LogP contribution in [0.15, 0.2) is 0 Å². The first-order valence-electron chi connectivity index (χ1n) is 4.54. The number of carboxylic acid groups (broad SMARTS) is 1. The molecule has 78 valence electrons. The van der Waals surface area contributed by atoms with E-state index in [1.54, 1.807) is 6.92 Å². The Bertz CT molecular complexity index is 334. The number of aromatic nitrogens is 1. The number of thiazole rings is 1. The van der Waals surface area contributed by atoms with Gasteiger partial charge in [-0.15, -0.1) is 11.3 Å². The molecule has 0 aliphatic carbocycles. The summed E-state index contributed by atoms with van der Waals surface area (Å²) in [4.78, 5) is 15.4. The molecule has 0 radical (unpaired) electrons. The maximum atomic E-state index is 10.9. The summed E-state index contributed by atoms with van der Waals surface area (Å²) in [5.74, 6) is -0.905. The molecule has 0 aromatic carbocycles. The van der Waals surface area contributed by atoms with Gasteiger partial charge in [-0.25, -0.2) is 9.78 Å². The quantitative estimate of drug-likeness (QED) is 0.801. The average Bonchev–Trinajstić information content (AvgIpc) is 2.49. The summed E-state index contributed by atoms with van der Waals surface area (Å²) < 4.78 is 0. The summed E-state index contributed by atoms with van der Waals surface area (Å²) in [6, 6.07) is -0.191. The van der Waals surface area contributed by atoms with E-state index in [1.165, 1.54) is 11.3 Å². The number of carbonyl (C=O) groups is 1. The van der Waals surface area contributed by atoms with Gasteiger partial charge in [-0.3, -0.25) is 0 Å². The van der Waals surface area contributed by atoms with Crippen LogP contribution in [-0.4, -0.2) is 16.1 Å². The summed E-state index contributed by atoms with van der Waals surface area (Å²) in [7, 11) is 0. The van der Waals surface area contributed by atoms with Crippen molar-refractivity contribution in [2.24, 2.45) is 5.73 Å². The van der Waals surface area contributed by atoms with Gasteiger partial charge in [0.1, 0.15) is 9.88 Å². The van der Waals surface area contributed by atoms with Gasteiger partial charge in [0.05, 0.1) is 11.7 Å². The summed E-state index contributed by atoms with van der Waals surface area (Å²) in [5.41, 5.74) is 6.31. The van der Waals surface area contributed by atoms with Crippen LogP contribution in [0.5, 0.6) is 0 Å². The van der Waals surface area contributed by atoms with Crippen molar-refractivity contribution in [3.05, 3.63) is 15.6 Å². The van der Waals surface area contributed by atoms with E-state index in [9.17, 15) is 4.79 Å². The lowest BCUT2D eigenvalue weighted by molar-refractivity contribution is 0.0700. The number of rotatable bonds is 4. The van der Waals surface area contributed by atoms with Crippen molar-refractivity contribution in [3.8, 4) is 0 Å². The summed E-state index contributed by atoms with van der Waals surface area (Å²) in [5, 5.41) is 9.62. The molecule has 0 aliphatic heterocycles. The van der Waals surface area contributed by atoms with Crippen LogP contribution in [0.2, 0.25) is 0 Å². The molecule has 0 bridgehead atoms. The van der Waals surface area contributed by atoms with Gasteiger partial charge in [0, 0.05) is 0 Å². The van der Waals surface area contributed by atoms with E-state index < -0.39 is 5.97 Å². The van der Waals surface area contributed by atoms with Crippen LogP contribution in [0.3, 0.4) is 0 Å². The predicted molar refractivity (Wildman–Crippen MR) is 55.7 cm³/mol. The van der Waals surface area contributed by atoms with E-state index >= 15 is 0 Å². The van der Waals surface area contributed by atoms with Crippen LogP contribution in [-0.2, 0) is 6.42 Å². The Hall–Kier alpha value is -0.940. The zero-order valence-corrected chi connectivity index (χ0v) is 9.10. The maximum Gasteiger partial charge on any atom is 0.347 e. The molecule has 1 aromatic rings. The van der Waals surface area contributed by atoms with Gasteiger partial charge in [0.25, 0.3) is 0 Å². The van der Waals surface area contributed by atoms with Gasteiger partial charge < -0.3 is 10.8 Å². The molecule has 4 nitrogen and oxygen atoms in total. The van der Waals surface area contributed by atoms with Crippen molar-refractivity contribution >= 4 is 17.3 Å². The first-order valence-corrected chi connectivity index (χ1v) is 5.36. The Morgan fingerprint density at radius 3 is 2.79 bits per heavy atom. The fourth-order valence-corrected chi connectivity index (χ4v) is 2.04. The van der Waals surface area contributed by atoms with Crippen molar-refractivity contribution in [2.45, 2.75) is 32.7 Å². The zero-order valence-electron chi connectivity index (χ0n) is 8.28. The molecule has 1 heterocycles. The Kier molecular flexibility index (Phi) is 3.60. The largest absolute Gasteiger partial charge is 0.477 e. The minimum atomic E-state index is -0.905. The lowest BCUT2D eigenvalue weighted by Gasteiger charge is -1.96. The second kappa shape index (κ2) is 4.52. The average molecular weight is 214 g/mol. The van der Waals surface area contributed by atoms with Crippen molar-refractivity contribution in [1.82, 2.24) is 4.98 Å². The molecule has 1 atom stereocenters. The zero-order chi connectivity index (χ0) is 10.7. The summed E-state index contributed by atoms with van der Waals surface area (Å²) in [6.45, 7) is 3.80. The van der Waals surface area contributed by atoms with Crippen LogP contribution in [0, 0.1) is 0 Å². The minimum absolute atomic E-state index is 0.191. The monoisotopic (exact) mass is 214 g/mol. The number of aromatic carboxylic acids is 1. The van der Waals surface area contributed by atoms with E-state index in [-0.39, 0.29) is 6.04 Å². The number of nitrogens with two attached hydrogens (primary N) is 1. The van der Waals surface area contributed by atoms with Gasteiger partial charge in [0.15, 0.2) is 0 Å². The van der Waals surface area contributed by atoms with E-state index in [2.05, 4.69) is 4.98 Å². The first kappa shape index (κ1) is 11.1. The van der Waals surface area contributed by atoms with Crippen LogP contribution >= 0.6 is 11.3 Å². The Balaban J connectivity index is 3.05. The number of carboxylic acids is 1. The number of nitrogens with zero attached hydrogens (tertiary/aromatic N) is 1. The molecule has 0 saturated carbocycles. The van der Waals surface area contributed by atoms with Crippen LogP contribution in [0.4, 0.5) is 0 Å². The van der Waals surface area contributed by atoms with Crippen molar-refractivity contribution in [2.75, 3.05) is 0 Å². The molecule has 0 saturated heterocycles. The third-order valence-corrected chi connectivity index (χ3v) is 3.07. The fraction of sp³-hybridized carbons (Fsp3) is 0.556. The molecular formula is C9H14N2O2S. The highest BCUT2D eigenvalue weighted by atomic mass is 32.1. The third-order valence-electron chi connectivity index (χ3n) is 1.78. The first-order chi connectivity index (χ1) is 6.56. The number of aryl methyl sites for hydroxylation is 1. The number of hydrogen-bond donors (Lipinski definition) is 2. The molecule has 1 aromatic heterocycles. The highest BCUT2D eigenvalue weighted by Gasteiger charge is 2.17. The highest BCUT2D eigenvalue weighted by Crippen LogP contribution is 2.23. The van der Waals surface area contributed by atoms with Crippen LogP contribution in [0.1, 0.15) is 46.7 Å². The maximum absolute atomic E-state index is 10.9. The van der Waals surface area contributed by atoms with Crippen LogP contribution < -0.4 is 5.73 Å². The van der Waals surface area contributed by atoms with Crippen molar-refractivity contribution in [3.63, 3.8) is 0 Å². The standard InChI is InChI=1S/C9H14N2O2S/c1-3-4-6-7(9(12)13)14-8(11-6)5(2)10/h5H,3-4,10H2,1-2H3,(H,12,13). The third kappa shape index (κ3) is 2.30. The van der Waals surface area contributed by atoms with Gasteiger partial charge in [0.2, 0.25) is 0 Å². The van der Waals surface area contributed by atoms with Gasteiger partial charge in [-0.2, -0.15) is 0 Å². The van der Waals surface area contributed by atoms with Crippen LogP contribution in [0.25, 0.3) is 0 Å². The fourth-order valence-electron chi connectivity index (χ4n) is 1.14. The lowest BCUT2D eigenvalue weighted by atomic mass is 10.2. The summed E-state index contributed by atoms with van der Waals surface area (Å²) in [6.07, 6.45) is 1.59. The van der Waals surface area contributed by atoms with E-state index in [1.807, 2.05) is 6.92 Å². The Morgan fingerprint density at radius 1 is 1.71 bits per heavy atom. The van der Waals surface area contributed by atoms with E-state index in [4.69, 9.17) is 10.8 Å². The Labute approximate surface area is 86.8 Å². The topological polar surface area (TPSA) is 76.2 Å². The van der Waals surface area contributed by atoms with Gasteiger partial charge >= 0.3 is 5.97 Å². The van der Waals surface area contributed by atoms with Crippen molar-refractivity contribution in [1.29, 1.82) is 0 Å². The van der Waals surface area contributed by atoms with Crippen molar-refractivity contribution < 1.29 is 9.90 Å². The molecule has 0 fully saturated rings. The number of hydrogen-bond acceptors (Lipinski definition) is 4. The van der Waals surface area contributed by atoms with Gasteiger partial charge in [-0.05, 0) is 13.3 Å². The second-order valence-corrected chi connectivity index (χ2v) is 4.20. The van der Waals surface area contributed by atoms with Gasteiger partial charge in [-0.1, -0.05) is 13.3 Å². The highest BCUT2D eigenvalue weighted by molar-refractivity contribution is 7.13. The molecule has 0 spiro atoms. The molecule has 14 heavy (non-hydrogen) atoms. The normalized spacial score (nSPS) is 12.8. The smallest absolute Gasteiger partial charge is 0.347 e. The molecule has 0 amide bonds. The summed E-state index contributed by atoms with van der Waals surface area (Å²) >= 11 is 1.18. The minimum Gasteiger partial charge on any atom is -0.477 e. The van der Waals surface area contributed by atoms with E-state index in [0.29, 0.717) is 22.0 Å². The Morgan fingerprint density at radius 2 is 2.36 bits per heavy atom. The SMILES string of the molecule is CCCc1nc(C(C)N)sc1C(=O)O. The lowest BCUT2D eigenvalue weighted by Crippen LogP contribution is -2.04. The molecule has 0 aliphatic rings. The second-order valence-electron chi connectivity index (χ2n) is 3.17. The molecule has 1 unspecified atom stereocenters. The molecule has 3 N–H and O–H groups in total. The predicted octanol–water partition coefficient (Wildman–Crippen LogP) is 1.81. The molecule has 5 heteroatoms. The molecular weight excluding hydrogens is 200 g/mol. The molecule has 1 rings (SSSR count). The van der Waals surface area contributed by atoms with E-state index in [0.717, 1.165) is 6.42 Å².